The lowest BCUT2D eigenvalue weighted by molar-refractivity contribution is -0.139. The highest BCUT2D eigenvalue weighted by Gasteiger charge is 2.34. The molecule has 1 aromatic carbocycles. The summed E-state index contributed by atoms with van der Waals surface area (Å²) in [5.41, 5.74) is -1.71. The zero-order valence-corrected chi connectivity index (χ0v) is 12.1. The SMILES string of the molecule is CCC(C)(C)NC(=O)CNc1ccc(F)c(C(F)(F)F)c1. The maximum absolute atomic E-state index is 13.1. The van der Waals surface area contributed by atoms with Crippen LogP contribution in [0.4, 0.5) is 23.2 Å². The van der Waals surface area contributed by atoms with E-state index in [-0.39, 0.29) is 18.1 Å². The summed E-state index contributed by atoms with van der Waals surface area (Å²) < 4.78 is 50.8. The van der Waals surface area contributed by atoms with E-state index in [1.54, 1.807) is 0 Å². The van der Waals surface area contributed by atoms with Crippen LogP contribution in [0.15, 0.2) is 18.2 Å². The first-order chi connectivity index (χ1) is 9.55. The first-order valence-corrected chi connectivity index (χ1v) is 6.47. The number of rotatable bonds is 5. The van der Waals surface area contributed by atoms with Gasteiger partial charge in [0.2, 0.25) is 5.91 Å². The van der Waals surface area contributed by atoms with Crippen molar-refractivity contribution in [3.8, 4) is 0 Å². The Morgan fingerprint density at radius 2 is 1.86 bits per heavy atom. The van der Waals surface area contributed by atoms with Gasteiger partial charge in [-0.15, -0.1) is 0 Å². The van der Waals surface area contributed by atoms with Crippen molar-refractivity contribution < 1.29 is 22.4 Å². The molecule has 0 bridgehead atoms. The van der Waals surface area contributed by atoms with Crippen molar-refractivity contribution in [2.24, 2.45) is 0 Å². The molecule has 0 unspecified atom stereocenters. The number of benzene rings is 1. The number of carbonyl (C=O) groups is 1. The van der Waals surface area contributed by atoms with E-state index >= 15 is 0 Å². The Morgan fingerprint density at radius 1 is 1.24 bits per heavy atom. The molecule has 0 aromatic heterocycles. The number of alkyl halides is 3. The molecule has 0 radical (unpaired) electrons. The third-order valence-electron chi connectivity index (χ3n) is 3.09. The maximum Gasteiger partial charge on any atom is 0.419 e. The topological polar surface area (TPSA) is 41.1 Å². The highest BCUT2D eigenvalue weighted by molar-refractivity contribution is 5.81. The lowest BCUT2D eigenvalue weighted by Gasteiger charge is -2.24. The van der Waals surface area contributed by atoms with E-state index < -0.39 is 23.1 Å². The van der Waals surface area contributed by atoms with Gasteiger partial charge in [0.05, 0.1) is 12.1 Å². The van der Waals surface area contributed by atoms with E-state index in [1.807, 2.05) is 20.8 Å². The van der Waals surface area contributed by atoms with Gasteiger partial charge in [-0.05, 0) is 38.5 Å². The van der Waals surface area contributed by atoms with Crippen LogP contribution < -0.4 is 10.6 Å². The van der Waals surface area contributed by atoms with Crippen molar-refractivity contribution in [1.29, 1.82) is 0 Å². The molecule has 7 heteroatoms. The van der Waals surface area contributed by atoms with Crippen LogP contribution in [0.2, 0.25) is 0 Å². The van der Waals surface area contributed by atoms with Crippen LogP contribution in [0.1, 0.15) is 32.8 Å². The molecule has 118 valence electrons. The van der Waals surface area contributed by atoms with Gasteiger partial charge in [0.25, 0.3) is 0 Å². The highest BCUT2D eigenvalue weighted by Crippen LogP contribution is 2.32. The average molecular weight is 306 g/mol. The van der Waals surface area contributed by atoms with Crippen molar-refractivity contribution in [2.45, 2.75) is 38.9 Å². The van der Waals surface area contributed by atoms with Gasteiger partial charge in [0, 0.05) is 11.2 Å². The van der Waals surface area contributed by atoms with E-state index in [9.17, 15) is 22.4 Å². The molecule has 1 rings (SSSR count). The molecular weight excluding hydrogens is 288 g/mol. The van der Waals surface area contributed by atoms with E-state index in [2.05, 4.69) is 10.6 Å². The second-order valence-electron chi connectivity index (χ2n) is 5.33. The number of anilines is 1. The van der Waals surface area contributed by atoms with Crippen LogP contribution in [0.3, 0.4) is 0 Å². The molecule has 0 saturated carbocycles. The normalized spacial score (nSPS) is 12.1. The number of nitrogens with one attached hydrogen (secondary N) is 2. The number of hydrogen-bond donors (Lipinski definition) is 2. The first-order valence-electron chi connectivity index (χ1n) is 6.47. The van der Waals surface area contributed by atoms with Gasteiger partial charge in [-0.3, -0.25) is 4.79 Å². The fraction of sp³-hybridized carbons (Fsp3) is 0.500. The van der Waals surface area contributed by atoms with Crippen molar-refractivity contribution >= 4 is 11.6 Å². The standard InChI is InChI=1S/C14H18F4N2O/c1-4-13(2,3)20-12(21)8-19-9-5-6-11(15)10(7-9)14(16,17)18/h5-7,19H,4,8H2,1-3H3,(H,20,21). The molecule has 0 aliphatic rings. The molecule has 0 aliphatic carbocycles. The zero-order valence-electron chi connectivity index (χ0n) is 12.1. The van der Waals surface area contributed by atoms with Crippen LogP contribution >= 0.6 is 0 Å². The maximum atomic E-state index is 13.1. The van der Waals surface area contributed by atoms with Crippen LogP contribution in [0.5, 0.6) is 0 Å². The Labute approximate surface area is 120 Å². The number of halogens is 4. The third kappa shape index (κ3) is 5.24. The van der Waals surface area contributed by atoms with Gasteiger partial charge in [-0.1, -0.05) is 6.92 Å². The fourth-order valence-corrected chi connectivity index (χ4v) is 1.54. The quantitative estimate of drug-likeness (QED) is 0.817. The van der Waals surface area contributed by atoms with Gasteiger partial charge in [0.15, 0.2) is 0 Å². The molecule has 0 heterocycles. The van der Waals surface area contributed by atoms with Gasteiger partial charge < -0.3 is 10.6 Å². The summed E-state index contributed by atoms with van der Waals surface area (Å²) in [6, 6.07) is 2.52. The summed E-state index contributed by atoms with van der Waals surface area (Å²) in [4.78, 5) is 11.7. The van der Waals surface area contributed by atoms with Gasteiger partial charge in [-0.25, -0.2) is 4.39 Å². The Morgan fingerprint density at radius 3 is 2.38 bits per heavy atom. The predicted octanol–water partition coefficient (Wildman–Crippen LogP) is 3.56. The zero-order chi connectivity index (χ0) is 16.3. The Kier molecular flexibility index (Phi) is 5.20. The molecule has 1 amide bonds. The minimum absolute atomic E-state index is 0.0354. The summed E-state index contributed by atoms with van der Waals surface area (Å²) in [5.74, 6) is -1.69. The molecule has 0 spiro atoms. The molecule has 0 aliphatic heterocycles. The number of hydrogen-bond acceptors (Lipinski definition) is 2. The molecule has 0 saturated heterocycles. The van der Waals surface area contributed by atoms with Crippen LogP contribution in [0, 0.1) is 5.82 Å². The van der Waals surface area contributed by atoms with Crippen LogP contribution in [-0.4, -0.2) is 18.0 Å². The molecular formula is C14H18F4N2O. The second kappa shape index (κ2) is 6.32. The molecule has 1 aromatic rings. The van der Waals surface area contributed by atoms with E-state index in [0.29, 0.717) is 12.5 Å². The predicted molar refractivity (Wildman–Crippen MR) is 72.4 cm³/mol. The molecule has 0 atom stereocenters. The van der Waals surface area contributed by atoms with Crippen LogP contribution in [0.25, 0.3) is 0 Å². The summed E-state index contributed by atoms with van der Waals surface area (Å²) in [5, 5.41) is 5.29. The van der Waals surface area contributed by atoms with E-state index in [4.69, 9.17) is 0 Å². The molecule has 21 heavy (non-hydrogen) atoms. The average Bonchev–Trinajstić information content (AvgIpc) is 2.36. The largest absolute Gasteiger partial charge is 0.419 e. The summed E-state index contributed by atoms with van der Waals surface area (Å²) in [7, 11) is 0. The smallest absolute Gasteiger partial charge is 0.376 e. The highest BCUT2D eigenvalue weighted by atomic mass is 19.4. The molecule has 3 nitrogen and oxygen atoms in total. The summed E-state index contributed by atoms with van der Waals surface area (Å²) in [6.45, 7) is 5.39. The third-order valence-corrected chi connectivity index (χ3v) is 3.09. The monoisotopic (exact) mass is 306 g/mol. The first kappa shape index (κ1) is 17.3. The lowest BCUT2D eigenvalue weighted by Crippen LogP contribution is -2.45. The van der Waals surface area contributed by atoms with E-state index in [1.165, 1.54) is 0 Å². The minimum atomic E-state index is -4.77. The summed E-state index contributed by atoms with van der Waals surface area (Å²) in [6.07, 6.45) is -4.05. The number of carbonyl (C=O) groups excluding carboxylic acids is 1. The van der Waals surface area contributed by atoms with Gasteiger partial charge >= 0.3 is 6.18 Å². The Hall–Kier alpha value is -1.79. The fourth-order valence-electron chi connectivity index (χ4n) is 1.54. The Bertz CT molecular complexity index is 512. The lowest BCUT2D eigenvalue weighted by atomic mass is 10.0. The van der Waals surface area contributed by atoms with E-state index in [0.717, 1.165) is 12.1 Å². The minimum Gasteiger partial charge on any atom is -0.376 e. The van der Waals surface area contributed by atoms with Crippen molar-refractivity contribution in [1.82, 2.24) is 5.32 Å². The van der Waals surface area contributed by atoms with Gasteiger partial charge in [-0.2, -0.15) is 13.2 Å². The molecule has 2 N–H and O–H groups in total. The summed E-state index contributed by atoms with van der Waals surface area (Å²) >= 11 is 0. The van der Waals surface area contributed by atoms with Gasteiger partial charge in [0.1, 0.15) is 5.82 Å². The molecule has 0 fully saturated rings. The second-order valence-corrected chi connectivity index (χ2v) is 5.33. The Balaban J connectivity index is 2.71. The van der Waals surface area contributed by atoms with Crippen molar-refractivity contribution in [3.05, 3.63) is 29.6 Å². The van der Waals surface area contributed by atoms with Crippen molar-refractivity contribution in [3.63, 3.8) is 0 Å². The van der Waals surface area contributed by atoms with Crippen molar-refractivity contribution in [2.75, 3.05) is 11.9 Å². The number of amides is 1. The van der Waals surface area contributed by atoms with Crippen LogP contribution in [-0.2, 0) is 11.0 Å².